The maximum atomic E-state index is 12.8. The Kier molecular flexibility index (Phi) is 5.50. The first-order valence-corrected chi connectivity index (χ1v) is 9.04. The molecular formula is C17H18FNO3S. The Labute approximate surface area is 135 Å². The van der Waals surface area contributed by atoms with Gasteiger partial charge in [-0.25, -0.2) is 12.8 Å². The van der Waals surface area contributed by atoms with Gasteiger partial charge in [0.05, 0.1) is 11.3 Å². The minimum absolute atomic E-state index is 0.00661. The lowest BCUT2D eigenvalue weighted by Gasteiger charge is -2.09. The highest BCUT2D eigenvalue weighted by atomic mass is 32.2. The van der Waals surface area contributed by atoms with Crippen LogP contribution in [0.1, 0.15) is 11.1 Å². The number of sulfone groups is 1. The van der Waals surface area contributed by atoms with Crippen LogP contribution >= 0.6 is 0 Å². The van der Waals surface area contributed by atoms with Gasteiger partial charge in [-0.05, 0) is 35.7 Å². The van der Waals surface area contributed by atoms with Gasteiger partial charge in [-0.15, -0.1) is 0 Å². The van der Waals surface area contributed by atoms with Crippen molar-refractivity contribution in [2.24, 2.45) is 0 Å². The molecule has 0 radical (unpaired) electrons. The maximum absolute atomic E-state index is 12.8. The van der Waals surface area contributed by atoms with E-state index in [-0.39, 0.29) is 23.0 Å². The Morgan fingerprint density at radius 1 is 1.09 bits per heavy atom. The number of rotatable bonds is 6. The van der Waals surface area contributed by atoms with Crippen molar-refractivity contribution in [3.63, 3.8) is 0 Å². The molecule has 4 nitrogen and oxygen atoms in total. The highest BCUT2D eigenvalue weighted by molar-refractivity contribution is 7.90. The average Bonchev–Trinajstić information content (AvgIpc) is 2.49. The lowest BCUT2D eigenvalue weighted by molar-refractivity contribution is -0.120. The molecule has 0 aliphatic heterocycles. The number of hydrogen-bond acceptors (Lipinski definition) is 3. The predicted molar refractivity (Wildman–Crippen MR) is 86.4 cm³/mol. The first-order valence-electron chi connectivity index (χ1n) is 7.15. The van der Waals surface area contributed by atoms with E-state index in [4.69, 9.17) is 0 Å². The minimum Gasteiger partial charge on any atom is -0.355 e. The molecule has 0 spiro atoms. The van der Waals surface area contributed by atoms with E-state index in [1.165, 1.54) is 18.2 Å². The van der Waals surface area contributed by atoms with Crippen LogP contribution in [0.3, 0.4) is 0 Å². The Bertz CT molecular complexity index is 786. The van der Waals surface area contributed by atoms with E-state index in [2.05, 4.69) is 5.32 Å². The van der Waals surface area contributed by atoms with Gasteiger partial charge in [0.1, 0.15) is 5.82 Å². The van der Waals surface area contributed by atoms with E-state index < -0.39 is 9.84 Å². The topological polar surface area (TPSA) is 63.2 Å². The van der Waals surface area contributed by atoms with Crippen LogP contribution in [0.15, 0.2) is 53.4 Å². The van der Waals surface area contributed by atoms with E-state index in [1.54, 1.807) is 30.3 Å². The van der Waals surface area contributed by atoms with Gasteiger partial charge >= 0.3 is 0 Å². The van der Waals surface area contributed by atoms with Crippen LogP contribution in [0.25, 0.3) is 0 Å². The normalized spacial score (nSPS) is 11.2. The fraction of sp³-hybridized carbons (Fsp3) is 0.235. The second-order valence-corrected chi connectivity index (χ2v) is 7.27. The number of carbonyl (C=O) groups is 1. The average molecular weight is 335 g/mol. The van der Waals surface area contributed by atoms with E-state index in [9.17, 15) is 17.6 Å². The van der Waals surface area contributed by atoms with Crippen molar-refractivity contribution < 1.29 is 17.6 Å². The molecular weight excluding hydrogens is 317 g/mol. The summed E-state index contributed by atoms with van der Waals surface area (Å²) in [6.45, 7) is 0.408. The number of benzene rings is 2. The third kappa shape index (κ3) is 5.17. The molecule has 0 saturated carbocycles. The highest BCUT2D eigenvalue weighted by Crippen LogP contribution is 2.15. The summed E-state index contributed by atoms with van der Waals surface area (Å²) in [5.74, 6) is -0.543. The maximum Gasteiger partial charge on any atom is 0.224 e. The monoisotopic (exact) mass is 335 g/mol. The van der Waals surface area contributed by atoms with Crippen LogP contribution in [0.4, 0.5) is 4.39 Å². The number of amides is 1. The van der Waals surface area contributed by atoms with E-state index in [1.807, 2.05) is 0 Å². The summed E-state index contributed by atoms with van der Waals surface area (Å²) in [4.78, 5) is 12.1. The molecule has 0 aliphatic rings. The van der Waals surface area contributed by atoms with Crippen LogP contribution in [0.5, 0.6) is 0 Å². The summed E-state index contributed by atoms with van der Waals surface area (Å²) in [6, 6.07) is 12.6. The van der Waals surface area contributed by atoms with Crippen molar-refractivity contribution >= 4 is 15.7 Å². The van der Waals surface area contributed by atoms with Crippen molar-refractivity contribution in [3.05, 3.63) is 65.5 Å². The van der Waals surface area contributed by atoms with Crippen LogP contribution < -0.4 is 5.32 Å². The molecule has 0 saturated heterocycles. The summed E-state index contributed by atoms with van der Waals surface area (Å²) in [5.41, 5.74) is 1.40. The van der Waals surface area contributed by atoms with Gasteiger partial charge in [0, 0.05) is 12.8 Å². The molecule has 0 bridgehead atoms. The second-order valence-electron chi connectivity index (χ2n) is 5.28. The molecule has 6 heteroatoms. The molecule has 23 heavy (non-hydrogen) atoms. The third-order valence-corrected chi connectivity index (χ3v) is 4.57. The van der Waals surface area contributed by atoms with Gasteiger partial charge < -0.3 is 5.32 Å². The quantitative estimate of drug-likeness (QED) is 0.880. The lowest BCUT2D eigenvalue weighted by Crippen LogP contribution is -2.27. The Hall–Kier alpha value is -2.21. The first-order chi connectivity index (χ1) is 10.9. The second kappa shape index (κ2) is 7.37. The molecule has 0 fully saturated rings. The van der Waals surface area contributed by atoms with Crippen molar-refractivity contribution in [2.45, 2.75) is 17.7 Å². The van der Waals surface area contributed by atoms with E-state index in [0.29, 0.717) is 18.5 Å². The third-order valence-electron chi connectivity index (χ3n) is 3.37. The van der Waals surface area contributed by atoms with Crippen molar-refractivity contribution in [3.8, 4) is 0 Å². The molecule has 0 aromatic heterocycles. The minimum atomic E-state index is -3.36. The molecule has 2 rings (SSSR count). The Balaban J connectivity index is 1.92. The largest absolute Gasteiger partial charge is 0.355 e. The van der Waals surface area contributed by atoms with Crippen LogP contribution in [-0.4, -0.2) is 27.1 Å². The molecule has 0 unspecified atom stereocenters. The predicted octanol–water partition coefficient (Wildman–Crippen LogP) is 2.13. The molecule has 0 atom stereocenters. The zero-order valence-electron chi connectivity index (χ0n) is 12.8. The zero-order chi connectivity index (χ0) is 16.9. The smallest absolute Gasteiger partial charge is 0.224 e. The van der Waals surface area contributed by atoms with Gasteiger partial charge in [0.2, 0.25) is 5.91 Å². The Morgan fingerprint density at radius 2 is 1.74 bits per heavy atom. The number of halogens is 1. The van der Waals surface area contributed by atoms with E-state index in [0.717, 1.165) is 11.8 Å². The molecule has 2 aromatic rings. The van der Waals surface area contributed by atoms with Crippen molar-refractivity contribution in [2.75, 3.05) is 12.8 Å². The van der Waals surface area contributed by atoms with Crippen LogP contribution in [0.2, 0.25) is 0 Å². The summed E-state index contributed by atoms with van der Waals surface area (Å²) in [7, 11) is -3.36. The number of nitrogens with one attached hydrogen (secondary N) is 1. The van der Waals surface area contributed by atoms with Gasteiger partial charge in [-0.2, -0.15) is 0 Å². The SMILES string of the molecule is CS(=O)(=O)c1ccccc1CC(=O)NCCc1ccc(F)cc1. The fourth-order valence-corrected chi connectivity index (χ4v) is 3.19. The van der Waals surface area contributed by atoms with Crippen molar-refractivity contribution in [1.82, 2.24) is 5.32 Å². The molecule has 1 amide bonds. The van der Waals surface area contributed by atoms with Crippen molar-refractivity contribution in [1.29, 1.82) is 0 Å². The fourth-order valence-electron chi connectivity index (χ4n) is 2.24. The molecule has 0 aliphatic carbocycles. The van der Waals surface area contributed by atoms with E-state index >= 15 is 0 Å². The van der Waals surface area contributed by atoms with Crippen LogP contribution in [-0.2, 0) is 27.5 Å². The Morgan fingerprint density at radius 3 is 2.39 bits per heavy atom. The number of hydrogen-bond donors (Lipinski definition) is 1. The molecule has 1 N–H and O–H groups in total. The highest BCUT2D eigenvalue weighted by Gasteiger charge is 2.14. The zero-order valence-corrected chi connectivity index (χ0v) is 13.6. The summed E-state index contributed by atoms with van der Waals surface area (Å²) < 4.78 is 36.2. The van der Waals surface area contributed by atoms with Crippen LogP contribution in [0, 0.1) is 5.82 Å². The van der Waals surface area contributed by atoms with Gasteiger partial charge in [0.25, 0.3) is 0 Å². The molecule has 2 aromatic carbocycles. The lowest BCUT2D eigenvalue weighted by atomic mass is 10.1. The summed E-state index contributed by atoms with van der Waals surface area (Å²) in [5, 5.41) is 2.75. The summed E-state index contributed by atoms with van der Waals surface area (Å²) >= 11 is 0. The van der Waals surface area contributed by atoms with Gasteiger partial charge in [0.15, 0.2) is 9.84 Å². The first kappa shape index (κ1) is 17.1. The standard InChI is InChI=1S/C17H18FNO3S/c1-23(21,22)16-5-3-2-4-14(16)12-17(20)19-11-10-13-6-8-15(18)9-7-13/h2-9H,10-12H2,1H3,(H,19,20). The molecule has 0 heterocycles. The molecule has 122 valence electrons. The summed E-state index contributed by atoms with van der Waals surface area (Å²) in [6.07, 6.45) is 1.71. The number of carbonyl (C=O) groups excluding carboxylic acids is 1. The van der Waals surface area contributed by atoms with Gasteiger partial charge in [-0.1, -0.05) is 30.3 Å². The van der Waals surface area contributed by atoms with Gasteiger partial charge in [-0.3, -0.25) is 4.79 Å².